The lowest BCUT2D eigenvalue weighted by Crippen LogP contribution is -2.60. The second-order valence-electron chi connectivity index (χ2n) is 8.51. The summed E-state index contributed by atoms with van der Waals surface area (Å²) in [6, 6.07) is 0.365. The predicted octanol–water partition coefficient (Wildman–Crippen LogP) is 2.40. The van der Waals surface area contributed by atoms with Crippen LogP contribution in [0.25, 0.3) is 0 Å². The summed E-state index contributed by atoms with van der Waals surface area (Å²) in [5, 5.41) is 0. The van der Waals surface area contributed by atoms with Crippen molar-refractivity contribution in [3.8, 4) is 0 Å². The third kappa shape index (κ3) is 2.15. The molecule has 3 N–H and O–H groups in total. The van der Waals surface area contributed by atoms with E-state index in [0.29, 0.717) is 16.9 Å². The van der Waals surface area contributed by atoms with Crippen LogP contribution in [0.1, 0.15) is 51.3 Å². The first-order valence-electron chi connectivity index (χ1n) is 8.44. The number of nitrogens with zero attached hydrogens (tertiary/aromatic N) is 2. The minimum absolute atomic E-state index is 0.365. The zero-order chi connectivity index (χ0) is 14.7. The number of hydrazine groups is 1. The fraction of sp³-hybridized carbons (Fsp3) is 0.824. The maximum atomic E-state index is 6.02. The van der Waals surface area contributed by atoms with Gasteiger partial charge in [0.2, 0.25) is 0 Å². The molecule has 116 valence electrons. The second kappa shape index (κ2) is 4.56. The first kappa shape index (κ1) is 13.8. The van der Waals surface area contributed by atoms with Gasteiger partial charge in [-0.1, -0.05) is 6.92 Å². The first-order valence-corrected chi connectivity index (χ1v) is 8.44. The molecule has 4 saturated carbocycles. The lowest BCUT2D eigenvalue weighted by Gasteiger charge is -2.63. The number of nitrogens with one attached hydrogen (secondary N) is 1. The average molecular weight is 288 g/mol. The lowest BCUT2D eigenvalue weighted by molar-refractivity contribution is -0.118. The van der Waals surface area contributed by atoms with E-state index >= 15 is 0 Å². The van der Waals surface area contributed by atoms with Gasteiger partial charge in [-0.15, -0.1) is 0 Å². The Balaban J connectivity index is 1.62. The predicted molar refractivity (Wildman–Crippen MR) is 83.2 cm³/mol. The molecular weight excluding hydrogens is 260 g/mol. The Bertz CT molecular complexity index is 521. The molecule has 4 aliphatic carbocycles. The van der Waals surface area contributed by atoms with E-state index in [0.717, 1.165) is 24.1 Å². The van der Waals surface area contributed by atoms with Crippen molar-refractivity contribution < 1.29 is 0 Å². The summed E-state index contributed by atoms with van der Waals surface area (Å²) < 4.78 is 2.13. The van der Waals surface area contributed by atoms with Crippen molar-refractivity contribution in [3.05, 3.63) is 18.2 Å². The van der Waals surface area contributed by atoms with Crippen LogP contribution in [0.15, 0.2) is 12.4 Å². The smallest absolute Gasteiger partial charge is 0.109 e. The van der Waals surface area contributed by atoms with E-state index < -0.39 is 0 Å². The summed E-state index contributed by atoms with van der Waals surface area (Å²) in [5.74, 6) is 9.05. The second-order valence-corrected chi connectivity index (χ2v) is 8.51. The summed E-state index contributed by atoms with van der Waals surface area (Å²) in [6.45, 7) is 2.52. The summed E-state index contributed by atoms with van der Waals surface area (Å²) in [5.41, 5.74) is 4.16. The first-order chi connectivity index (χ1) is 10.0. The van der Waals surface area contributed by atoms with Crippen molar-refractivity contribution in [1.82, 2.24) is 15.0 Å². The number of aromatic nitrogens is 2. The standard InChI is InChI=1S/C17H28N4/c1-16-7-12-5-13(8-16)10-17(9-12,11-16)14(20-18)6-15-19-3-4-21(15)2/h3-4,12-14,20H,5-11,18H2,1-2H3. The van der Waals surface area contributed by atoms with Crippen molar-refractivity contribution in [2.45, 2.75) is 57.9 Å². The molecule has 21 heavy (non-hydrogen) atoms. The monoisotopic (exact) mass is 288 g/mol. The highest BCUT2D eigenvalue weighted by molar-refractivity contribution is 5.11. The van der Waals surface area contributed by atoms with Crippen LogP contribution < -0.4 is 11.3 Å². The molecule has 0 amide bonds. The van der Waals surface area contributed by atoms with Gasteiger partial charge in [0, 0.05) is 31.9 Å². The van der Waals surface area contributed by atoms with Crippen molar-refractivity contribution >= 4 is 0 Å². The molecule has 1 heterocycles. The van der Waals surface area contributed by atoms with Gasteiger partial charge in [0.1, 0.15) is 5.82 Å². The van der Waals surface area contributed by atoms with Crippen molar-refractivity contribution in [2.24, 2.45) is 35.6 Å². The molecule has 4 aliphatic rings. The van der Waals surface area contributed by atoms with E-state index in [1.165, 1.54) is 38.5 Å². The fourth-order valence-corrected chi connectivity index (χ4v) is 6.43. The maximum absolute atomic E-state index is 6.02. The summed E-state index contributed by atoms with van der Waals surface area (Å²) in [6.07, 6.45) is 13.3. The largest absolute Gasteiger partial charge is 0.338 e. The zero-order valence-corrected chi connectivity index (χ0v) is 13.3. The number of imidazole rings is 1. The van der Waals surface area contributed by atoms with Crippen LogP contribution in [0.5, 0.6) is 0 Å². The van der Waals surface area contributed by atoms with Gasteiger partial charge in [-0.05, 0) is 61.2 Å². The van der Waals surface area contributed by atoms with E-state index in [1.807, 2.05) is 12.4 Å². The topological polar surface area (TPSA) is 55.9 Å². The van der Waals surface area contributed by atoms with Crippen LogP contribution in [0.2, 0.25) is 0 Å². The number of rotatable bonds is 4. The van der Waals surface area contributed by atoms with E-state index in [-0.39, 0.29) is 0 Å². The van der Waals surface area contributed by atoms with E-state index in [4.69, 9.17) is 5.84 Å². The van der Waals surface area contributed by atoms with Crippen LogP contribution in [0.4, 0.5) is 0 Å². The summed E-state index contributed by atoms with van der Waals surface area (Å²) in [7, 11) is 2.08. The maximum Gasteiger partial charge on any atom is 0.109 e. The molecule has 4 bridgehead atoms. The Morgan fingerprint density at radius 2 is 2.10 bits per heavy atom. The Hall–Kier alpha value is -0.870. The Kier molecular flexibility index (Phi) is 2.99. The SMILES string of the molecule is Cn1ccnc1CC(NN)C12CC3CC(CC(C)(C3)C1)C2. The quantitative estimate of drug-likeness (QED) is 0.661. The molecule has 0 radical (unpaired) electrons. The van der Waals surface area contributed by atoms with Crippen molar-refractivity contribution in [1.29, 1.82) is 0 Å². The molecule has 4 nitrogen and oxygen atoms in total. The minimum Gasteiger partial charge on any atom is -0.338 e. The van der Waals surface area contributed by atoms with Crippen LogP contribution in [0, 0.1) is 22.7 Å². The molecule has 0 aromatic carbocycles. The van der Waals surface area contributed by atoms with Crippen LogP contribution in [-0.2, 0) is 13.5 Å². The molecular formula is C17H28N4. The Morgan fingerprint density at radius 1 is 1.38 bits per heavy atom. The zero-order valence-electron chi connectivity index (χ0n) is 13.3. The van der Waals surface area contributed by atoms with E-state index in [1.54, 1.807) is 0 Å². The Morgan fingerprint density at radius 3 is 2.62 bits per heavy atom. The van der Waals surface area contributed by atoms with E-state index in [2.05, 4.69) is 28.9 Å². The molecule has 4 fully saturated rings. The molecule has 0 aliphatic heterocycles. The summed E-state index contributed by atoms with van der Waals surface area (Å²) >= 11 is 0. The highest BCUT2D eigenvalue weighted by Crippen LogP contribution is 2.66. The number of aryl methyl sites for hydroxylation is 1. The molecule has 0 saturated heterocycles. The highest BCUT2D eigenvalue weighted by atomic mass is 15.2. The van der Waals surface area contributed by atoms with Gasteiger partial charge in [-0.3, -0.25) is 11.3 Å². The summed E-state index contributed by atoms with van der Waals surface area (Å²) in [4.78, 5) is 4.52. The van der Waals surface area contributed by atoms with Gasteiger partial charge in [0.05, 0.1) is 0 Å². The molecule has 4 heteroatoms. The van der Waals surface area contributed by atoms with Gasteiger partial charge >= 0.3 is 0 Å². The highest BCUT2D eigenvalue weighted by Gasteiger charge is 2.58. The van der Waals surface area contributed by atoms with Crippen LogP contribution >= 0.6 is 0 Å². The average Bonchev–Trinajstić information content (AvgIpc) is 2.78. The van der Waals surface area contributed by atoms with Gasteiger partial charge in [-0.2, -0.15) is 0 Å². The molecule has 5 rings (SSSR count). The number of nitrogens with two attached hydrogens (primary N) is 1. The van der Waals surface area contributed by atoms with Gasteiger partial charge in [-0.25, -0.2) is 4.98 Å². The molecule has 1 aromatic rings. The third-order valence-electron chi connectivity index (χ3n) is 6.65. The van der Waals surface area contributed by atoms with Crippen LogP contribution in [-0.4, -0.2) is 15.6 Å². The fourth-order valence-electron chi connectivity index (χ4n) is 6.43. The Labute approximate surface area is 127 Å². The van der Waals surface area contributed by atoms with Crippen molar-refractivity contribution in [3.63, 3.8) is 0 Å². The van der Waals surface area contributed by atoms with Gasteiger partial charge < -0.3 is 4.57 Å². The third-order valence-corrected chi connectivity index (χ3v) is 6.65. The van der Waals surface area contributed by atoms with Crippen LogP contribution in [0.3, 0.4) is 0 Å². The molecule has 1 aromatic heterocycles. The number of hydrogen-bond donors (Lipinski definition) is 2. The number of hydrogen-bond acceptors (Lipinski definition) is 3. The van der Waals surface area contributed by atoms with Gasteiger partial charge in [0.25, 0.3) is 0 Å². The lowest BCUT2D eigenvalue weighted by atomic mass is 9.43. The normalized spacial score (nSPS) is 42.4. The van der Waals surface area contributed by atoms with Crippen molar-refractivity contribution in [2.75, 3.05) is 0 Å². The van der Waals surface area contributed by atoms with Gasteiger partial charge in [0.15, 0.2) is 0 Å². The molecule has 0 spiro atoms. The van der Waals surface area contributed by atoms with E-state index in [9.17, 15) is 0 Å². The molecule has 3 unspecified atom stereocenters. The molecule has 3 atom stereocenters. The minimum atomic E-state index is 0.365.